The highest BCUT2D eigenvalue weighted by atomic mass is 15.1. The number of nitrogens with zero attached hydrogens (tertiary/aromatic N) is 5. The standard InChI is InChI=1S/C58H37N5/c1-4-17-38(18-5-1)43-34-44(39-19-6-2-7-20-39)36-45(35-43)57-61-55(40-21-16-22-42(33-40)58-59-53-29-14-15-30-54(53)63(58)46-23-8-3-9-24-46)60-56(62-57)41-31-32-51-49-27-11-10-25-47(49)48-26-12-13-28-50(48)52(51)37-41/h1-37H. The Bertz CT molecular complexity index is 3580. The van der Waals surface area contributed by atoms with Crippen molar-refractivity contribution in [3.05, 3.63) is 224 Å². The molecule has 63 heavy (non-hydrogen) atoms. The van der Waals surface area contributed by atoms with E-state index in [2.05, 4.69) is 217 Å². The van der Waals surface area contributed by atoms with Crippen LogP contribution in [0.25, 0.3) is 117 Å². The molecular formula is C58H37N5. The third kappa shape index (κ3) is 6.51. The fraction of sp³-hybridized carbons (Fsp3) is 0. The minimum atomic E-state index is 0.578. The molecule has 2 heterocycles. The van der Waals surface area contributed by atoms with Gasteiger partial charge in [0.05, 0.1) is 11.0 Å². The molecule has 0 atom stereocenters. The summed E-state index contributed by atoms with van der Waals surface area (Å²) in [6.07, 6.45) is 0. The molecule has 0 aliphatic heterocycles. The fourth-order valence-corrected chi connectivity index (χ4v) is 9.02. The number of hydrogen-bond acceptors (Lipinski definition) is 4. The Morgan fingerprint density at radius 2 is 0.683 bits per heavy atom. The molecular weight excluding hydrogens is 767 g/mol. The SMILES string of the molecule is c1ccc(-c2cc(-c3ccccc3)cc(-c3nc(-c4cccc(-c5nc6ccccc6n5-c5ccccc5)c4)nc(-c4ccc5c6ccccc6c6ccccc6c5c4)n3)c2)cc1. The molecule has 12 rings (SSSR count). The highest BCUT2D eigenvalue weighted by Crippen LogP contribution is 2.39. The Kier molecular flexibility index (Phi) is 8.75. The average Bonchev–Trinajstić information content (AvgIpc) is 3.77. The summed E-state index contributed by atoms with van der Waals surface area (Å²) in [5.41, 5.74) is 11.1. The summed E-state index contributed by atoms with van der Waals surface area (Å²) >= 11 is 0. The van der Waals surface area contributed by atoms with E-state index in [4.69, 9.17) is 19.9 Å². The summed E-state index contributed by atoms with van der Waals surface area (Å²) in [6, 6.07) is 78.7. The molecule has 0 aliphatic carbocycles. The van der Waals surface area contributed by atoms with Crippen LogP contribution in [-0.4, -0.2) is 24.5 Å². The van der Waals surface area contributed by atoms with Gasteiger partial charge in [-0.1, -0.05) is 170 Å². The zero-order valence-corrected chi connectivity index (χ0v) is 34.1. The lowest BCUT2D eigenvalue weighted by Crippen LogP contribution is -2.01. The molecule has 0 fully saturated rings. The molecule has 0 unspecified atom stereocenters. The molecule has 0 bridgehead atoms. The van der Waals surface area contributed by atoms with Gasteiger partial charge < -0.3 is 0 Å². The Morgan fingerprint density at radius 1 is 0.254 bits per heavy atom. The Hall–Kier alpha value is -8.54. The first-order chi connectivity index (χ1) is 31.2. The smallest absolute Gasteiger partial charge is 0.164 e. The molecule has 294 valence electrons. The molecule has 5 heteroatoms. The summed E-state index contributed by atoms with van der Waals surface area (Å²) in [5, 5.41) is 7.23. The lowest BCUT2D eigenvalue weighted by Gasteiger charge is -2.14. The summed E-state index contributed by atoms with van der Waals surface area (Å²) in [4.78, 5) is 21.2. The molecule has 0 aliphatic rings. The van der Waals surface area contributed by atoms with Gasteiger partial charge in [0.25, 0.3) is 0 Å². The lowest BCUT2D eigenvalue weighted by atomic mass is 9.93. The average molecular weight is 804 g/mol. The summed E-state index contributed by atoms with van der Waals surface area (Å²) in [5.74, 6) is 2.61. The van der Waals surface area contributed by atoms with Crippen LogP contribution in [0.1, 0.15) is 0 Å². The number of para-hydroxylation sites is 3. The first-order valence-corrected chi connectivity index (χ1v) is 21.2. The van der Waals surface area contributed by atoms with E-state index in [1.807, 2.05) is 12.1 Å². The molecule has 0 amide bonds. The van der Waals surface area contributed by atoms with E-state index >= 15 is 0 Å². The van der Waals surface area contributed by atoms with Crippen molar-refractivity contribution in [3.8, 4) is 73.5 Å². The number of imidazole rings is 1. The summed E-state index contributed by atoms with van der Waals surface area (Å²) < 4.78 is 2.22. The maximum atomic E-state index is 5.34. The maximum Gasteiger partial charge on any atom is 0.164 e. The van der Waals surface area contributed by atoms with Crippen molar-refractivity contribution in [2.75, 3.05) is 0 Å². The highest BCUT2D eigenvalue weighted by molar-refractivity contribution is 6.25. The second kappa shape index (κ2) is 15.2. The van der Waals surface area contributed by atoms with Crippen LogP contribution in [0.5, 0.6) is 0 Å². The van der Waals surface area contributed by atoms with Crippen molar-refractivity contribution in [2.24, 2.45) is 0 Å². The van der Waals surface area contributed by atoms with Crippen LogP contribution in [-0.2, 0) is 0 Å². The predicted molar refractivity (Wildman–Crippen MR) is 260 cm³/mol. The van der Waals surface area contributed by atoms with Crippen LogP contribution in [0.4, 0.5) is 0 Å². The van der Waals surface area contributed by atoms with Crippen molar-refractivity contribution < 1.29 is 0 Å². The quantitative estimate of drug-likeness (QED) is 0.151. The zero-order valence-electron chi connectivity index (χ0n) is 34.1. The van der Waals surface area contributed by atoms with Crippen molar-refractivity contribution in [1.82, 2.24) is 24.5 Å². The van der Waals surface area contributed by atoms with Crippen LogP contribution in [0, 0.1) is 0 Å². The van der Waals surface area contributed by atoms with E-state index in [1.54, 1.807) is 0 Å². The summed E-state index contributed by atoms with van der Waals surface area (Å²) in [7, 11) is 0. The van der Waals surface area contributed by atoms with Crippen molar-refractivity contribution in [1.29, 1.82) is 0 Å². The third-order valence-electron chi connectivity index (χ3n) is 12.0. The molecule has 10 aromatic carbocycles. The second-order valence-corrected chi connectivity index (χ2v) is 15.9. The molecule has 2 aromatic heterocycles. The van der Waals surface area contributed by atoms with Crippen LogP contribution in [0.3, 0.4) is 0 Å². The van der Waals surface area contributed by atoms with Crippen molar-refractivity contribution >= 4 is 43.4 Å². The Balaban J connectivity index is 1.09. The Labute approximate surface area is 364 Å². The second-order valence-electron chi connectivity index (χ2n) is 15.9. The van der Waals surface area contributed by atoms with Gasteiger partial charge in [0.2, 0.25) is 0 Å². The molecule has 0 N–H and O–H groups in total. The first kappa shape index (κ1) is 36.3. The van der Waals surface area contributed by atoms with Crippen LogP contribution in [0.15, 0.2) is 224 Å². The Morgan fingerprint density at radius 3 is 1.30 bits per heavy atom. The van der Waals surface area contributed by atoms with E-state index in [0.717, 1.165) is 72.4 Å². The number of aromatic nitrogens is 5. The van der Waals surface area contributed by atoms with Gasteiger partial charge in [-0.3, -0.25) is 4.57 Å². The minimum Gasteiger partial charge on any atom is -0.292 e. The van der Waals surface area contributed by atoms with Gasteiger partial charge in [-0.2, -0.15) is 0 Å². The predicted octanol–water partition coefficient (Wildman–Crippen LogP) is 14.7. The van der Waals surface area contributed by atoms with E-state index in [-0.39, 0.29) is 0 Å². The molecule has 0 saturated carbocycles. The van der Waals surface area contributed by atoms with Gasteiger partial charge >= 0.3 is 0 Å². The highest BCUT2D eigenvalue weighted by Gasteiger charge is 2.19. The van der Waals surface area contributed by atoms with E-state index in [9.17, 15) is 0 Å². The topological polar surface area (TPSA) is 56.5 Å². The van der Waals surface area contributed by atoms with E-state index < -0.39 is 0 Å². The normalized spacial score (nSPS) is 11.5. The largest absolute Gasteiger partial charge is 0.292 e. The molecule has 5 nitrogen and oxygen atoms in total. The van der Waals surface area contributed by atoms with E-state index in [0.29, 0.717) is 17.5 Å². The number of hydrogen-bond donors (Lipinski definition) is 0. The molecule has 0 radical (unpaired) electrons. The molecule has 12 aromatic rings. The molecule has 0 saturated heterocycles. The molecule has 0 spiro atoms. The third-order valence-corrected chi connectivity index (χ3v) is 12.0. The first-order valence-electron chi connectivity index (χ1n) is 21.2. The summed E-state index contributed by atoms with van der Waals surface area (Å²) in [6.45, 7) is 0. The number of fused-ring (bicyclic) bond motifs is 7. The maximum absolute atomic E-state index is 5.34. The minimum absolute atomic E-state index is 0.578. The van der Waals surface area contributed by atoms with Gasteiger partial charge in [-0.05, 0) is 109 Å². The fourth-order valence-electron chi connectivity index (χ4n) is 9.02. The lowest BCUT2D eigenvalue weighted by molar-refractivity contribution is 1.07. The number of benzene rings is 10. The van der Waals surface area contributed by atoms with Crippen LogP contribution >= 0.6 is 0 Å². The van der Waals surface area contributed by atoms with Gasteiger partial charge in [-0.25, -0.2) is 19.9 Å². The van der Waals surface area contributed by atoms with Gasteiger partial charge in [0.1, 0.15) is 5.82 Å². The van der Waals surface area contributed by atoms with Gasteiger partial charge in [-0.15, -0.1) is 0 Å². The van der Waals surface area contributed by atoms with Gasteiger partial charge in [0, 0.05) is 27.9 Å². The van der Waals surface area contributed by atoms with Gasteiger partial charge in [0.15, 0.2) is 17.5 Å². The zero-order chi connectivity index (χ0) is 41.7. The monoisotopic (exact) mass is 803 g/mol. The van der Waals surface area contributed by atoms with Crippen LogP contribution < -0.4 is 0 Å². The van der Waals surface area contributed by atoms with Crippen LogP contribution in [0.2, 0.25) is 0 Å². The number of rotatable bonds is 7. The van der Waals surface area contributed by atoms with E-state index in [1.165, 1.54) is 26.9 Å². The van der Waals surface area contributed by atoms with Crippen molar-refractivity contribution in [3.63, 3.8) is 0 Å². The van der Waals surface area contributed by atoms with Crippen molar-refractivity contribution in [2.45, 2.75) is 0 Å².